The Morgan fingerprint density at radius 2 is 1.81 bits per heavy atom. The number of esters is 1. The largest absolute Gasteiger partial charge is 0.461 e. The molecule has 4 saturated carbocycles. The summed E-state index contributed by atoms with van der Waals surface area (Å²) in [5.74, 6) is 2.80. The number of hydrogen-bond donors (Lipinski definition) is 0. The van der Waals surface area contributed by atoms with Crippen molar-refractivity contribution in [2.24, 2.45) is 17.8 Å². The molecule has 5 aliphatic rings. The molecule has 0 N–H and O–H groups in total. The zero-order valence-electron chi connectivity index (χ0n) is 15.1. The van der Waals surface area contributed by atoms with Crippen molar-refractivity contribution < 1.29 is 22.4 Å². The van der Waals surface area contributed by atoms with E-state index in [0.717, 1.165) is 42.9 Å². The first kappa shape index (κ1) is 18.0. The van der Waals surface area contributed by atoms with E-state index in [1.165, 1.54) is 31.0 Å². The van der Waals surface area contributed by atoms with Crippen LogP contribution in [0, 0.1) is 17.8 Å². The van der Waals surface area contributed by atoms with Gasteiger partial charge in [-0.2, -0.15) is 0 Å². The van der Waals surface area contributed by atoms with Gasteiger partial charge in [0.25, 0.3) is 5.22 Å². The first-order chi connectivity index (χ1) is 12.9. The fourth-order valence-corrected chi connectivity index (χ4v) is 8.19. The summed E-state index contributed by atoms with van der Waals surface area (Å²) in [6.45, 7) is 0. The molecule has 1 aromatic rings. The molecule has 4 aliphatic carbocycles. The molecule has 0 aromatic carbocycles. The van der Waals surface area contributed by atoms with Gasteiger partial charge in [0.05, 0.1) is 11.5 Å². The van der Waals surface area contributed by atoms with Gasteiger partial charge in [-0.1, -0.05) is 11.8 Å². The maximum absolute atomic E-state index is 12.0. The van der Waals surface area contributed by atoms with Gasteiger partial charge in [-0.15, -0.1) is 10.2 Å². The van der Waals surface area contributed by atoms with Gasteiger partial charge in [0.1, 0.15) is 11.9 Å². The van der Waals surface area contributed by atoms with Crippen LogP contribution < -0.4 is 0 Å². The highest BCUT2D eigenvalue weighted by atomic mass is 32.2. The summed E-state index contributed by atoms with van der Waals surface area (Å²) in [7, 11) is -3.05. The van der Waals surface area contributed by atoms with Gasteiger partial charge < -0.3 is 9.15 Å². The van der Waals surface area contributed by atoms with Crippen LogP contribution in [0.4, 0.5) is 0 Å². The summed E-state index contributed by atoms with van der Waals surface area (Å²) in [6, 6.07) is 0. The number of carbonyl (C=O) groups excluding carboxylic acids is 1. The molecule has 4 bridgehead atoms. The molecule has 1 aromatic heterocycles. The van der Waals surface area contributed by atoms with E-state index in [0.29, 0.717) is 11.6 Å². The maximum Gasteiger partial charge on any atom is 0.316 e. The van der Waals surface area contributed by atoms with E-state index in [-0.39, 0.29) is 22.7 Å². The number of aromatic nitrogens is 2. The van der Waals surface area contributed by atoms with E-state index in [9.17, 15) is 13.2 Å². The van der Waals surface area contributed by atoms with Crippen LogP contribution in [-0.2, 0) is 24.8 Å². The third kappa shape index (κ3) is 3.52. The van der Waals surface area contributed by atoms with Crippen molar-refractivity contribution in [3.8, 4) is 0 Å². The van der Waals surface area contributed by atoms with Crippen molar-refractivity contribution in [3.05, 3.63) is 5.89 Å². The van der Waals surface area contributed by atoms with Crippen molar-refractivity contribution in [1.29, 1.82) is 0 Å². The average Bonchev–Trinajstić information content (AvgIpc) is 3.18. The Balaban J connectivity index is 1.19. The molecule has 6 rings (SSSR count). The summed E-state index contributed by atoms with van der Waals surface area (Å²) >= 11 is 1.17. The lowest BCUT2D eigenvalue weighted by Gasteiger charge is -2.55. The Labute approximate surface area is 162 Å². The van der Waals surface area contributed by atoms with Crippen LogP contribution >= 0.6 is 11.8 Å². The van der Waals surface area contributed by atoms with E-state index < -0.39 is 21.9 Å². The van der Waals surface area contributed by atoms with E-state index in [2.05, 4.69) is 10.2 Å². The fraction of sp³-hybridized carbons (Fsp3) is 0.833. The minimum absolute atomic E-state index is 0.0546. The minimum atomic E-state index is -3.05. The topological polar surface area (TPSA) is 99.4 Å². The average molecular weight is 413 g/mol. The third-order valence-electron chi connectivity index (χ3n) is 6.70. The molecule has 7 nitrogen and oxygen atoms in total. The van der Waals surface area contributed by atoms with Gasteiger partial charge in [-0.25, -0.2) is 8.42 Å². The Hall–Kier alpha value is -1.09. The molecule has 0 spiro atoms. The Morgan fingerprint density at radius 1 is 1.15 bits per heavy atom. The van der Waals surface area contributed by atoms with E-state index in [4.69, 9.17) is 9.15 Å². The lowest BCUT2D eigenvalue weighted by Crippen LogP contribution is -2.48. The van der Waals surface area contributed by atoms with Gasteiger partial charge >= 0.3 is 5.97 Å². The number of rotatable bonds is 5. The SMILES string of the molecule is O=C(CSc1nnc(C23CC4CC(CC(C4)C2)C3)o1)O[C@H]1CCS(=O)(=O)C1. The first-order valence-corrected chi connectivity index (χ1v) is 12.6. The lowest BCUT2D eigenvalue weighted by atomic mass is 9.49. The molecule has 5 fully saturated rings. The summed E-state index contributed by atoms with van der Waals surface area (Å²) in [5, 5.41) is 8.88. The Kier molecular flexibility index (Phi) is 4.31. The smallest absolute Gasteiger partial charge is 0.316 e. The maximum atomic E-state index is 12.0. The molecule has 0 radical (unpaired) electrons. The fourth-order valence-electron chi connectivity index (χ4n) is 6.05. The number of carbonyl (C=O) groups is 1. The van der Waals surface area contributed by atoms with Gasteiger partial charge in [-0.3, -0.25) is 4.79 Å². The van der Waals surface area contributed by atoms with Gasteiger partial charge in [-0.05, 0) is 62.7 Å². The van der Waals surface area contributed by atoms with E-state index >= 15 is 0 Å². The molecule has 27 heavy (non-hydrogen) atoms. The summed E-state index contributed by atoms with van der Waals surface area (Å²) in [5.41, 5.74) is 0.0548. The molecule has 2 heterocycles. The highest BCUT2D eigenvalue weighted by Gasteiger charge is 2.54. The summed E-state index contributed by atoms with van der Waals surface area (Å²) in [4.78, 5) is 12.0. The highest BCUT2D eigenvalue weighted by molar-refractivity contribution is 7.99. The van der Waals surface area contributed by atoms with Crippen LogP contribution in [0.2, 0.25) is 0 Å². The number of thioether (sulfide) groups is 1. The Morgan fingerprint density at radius 3 is 2.41 bits per heavy atom. The van der Waals surface area contributed by atoms with Gasteiger partial charge in [0.15, 0.2) is 9.84 Å². The molecule has 0 amide bonds. The molecule has 0 unspecified atom stereocenters. The standard InChI is InChI=1S/C18H24N2O5S2/c21-15(24-14-1-2-27(22,23)10-14)9-26-17-20-19-16(25-17)18-6-11-3-12(7-18)5-13(4-11)8-18/h11-14H,1-10H2/t11?,12?,13?,14-,18?/m0/s1. The van der Waals surface area contributed by atoms with Crippen LogP contribution in [0.3, 0.4) is 0 Å². The predicted octanol–water partition coefficient (Wildman–Crippen LogP) is 2.36. The minimum Gasteiger partial charge on any atom is -0.461 e. The number of ether oxygens (including phenoxy) is 1. The second-order valence-corrected chi connectivity index (χ2v) is 12.0. The second-order valence-electron chi connectivity index (χ2n) is 8.87. The van der Waals surface area contributed by atoms with E-state index in [1.807, 2.05) is 0 Å². The third-order valence-corrected chi connectivity index (χ3v) is 9.23. The quantitative estimate of drug-likeness (QED) is 0.537. The van der Waals surface area contributed by atoms with Crippen molar-refractivity contribution in [2.45, 2.75) is 61.7 Å². The predicted molar refractivity (Wildman–Crippen MR) is 98.0 cm³/mol. The van der Waals surface area contributed by atoms with Crippen molar-refractivity contribution >= 4 is 27.6 Å². The molecule has 148 valence electrons. The van der Waals surface area contributed by atoms with Crippen molar-refractivity contribution in [2.75, 3.05) is 17.3 Å². The molecule has 1 atom stereocenters. The normalized spacial score (nSPS) is 39.0. The second kappa shape index (κ2) is 6.47. The number of hydrogen-bond acceptors (Lipinski definition) is 8. The zero-order chi connectivity index (χ0) is 18.6. The van der Waals surface area contributed by atoms with Crippen LogP contribution in [0.1, 0.15) is 50.8 Å². The van der Waals surface area contributed by atoms with E-state index in [1.54, 1.807) is 0 Å². The van der Waals surface area contributed by atoms with Crippen molar-refractivity contribution in [3.63, 3.8) is 0 Å². The monoisotopic (exact) mass is 412 g/mol. The van der Waals surface area contributed by atoms with Crippen LogP contribution in [0.15, 0.2) is 9.64 Å². The highest BCUT2D eigenvalue weighted by Crippen LogP contribution is 2.60. The van der Waals surface area contributed by atoms with Gasteiger partial charge in [0.2, 0.25) is 5.89 Å². The summed E-state index contributed by atoms with van der Waals surface area (Å²) in [6.07, 6.45) is 7.41. The van der Waals surface area contributed by atoms with Crippen molar-refractivity contribution in [1.82, 2.24) is 10.2 Å². The number of sulfone groups is 1. The van der Waals surface area contributed by atoms with Gasteiger partial charge in [0, 0.05) is 5.41 Å². The number of nitrogens with zero attached hydrogens (tertiary/aromatic N) is 2. The van der Waals surface area contributed by atoms with Crippen LogP contribution in [0.25, 0.3) is 0 Å². The molecule has 1 aliphatic heterocycles. The molecule has 1 saturated heterocycles. The Bertz CT molecular complexity index is 814. The zero-order valence-corrected chi connectivity index (χ0v) is 16.8. The lowest BCUT2D eigenvalue weighted by molar-refractivity contribution is -0.144. The first-order valence-electron chi connectivity index (χ1n) is 9.76. The summed E-state index contributed by atoms with van der Waals surface area (Å²) < 4.78 is 34.1. The van der Waals surface area contributed by atoms with Crippen LogP contribution in [-0.4, -0.2) is 47.9 Å². The molecular formula is C18H24N2O5S2. The molecule has 9 heteroatoms. The van der Waals surface area contributed by atoms with Crippen LogP contribution in [0.5, 0.6) is 0 Å². The molecular weight excluding hydrogens is 388 g/mol.